The summed E-state index contributed by atoms with van der Waals surface area (Å²) in [5.41, 5.74) is 0.472. The van der Waals surface area contributed by atoms with Crippen LogP contribution in [0.3, 0.4) is 0 Å². The first kappa shape index (κ1) is 18.2. The molecule has 0 aliphatic heterocycles. The van der Waals surface area contributed by atoms with Crippen LogP contribution in [0.1, 0.15) is 37.8 Å². The van der Waals surface area contributed by atoms with Crippen molar-refractivity contribution in [2.45, 2.75) is 20.4 Å². The Hall–Kier alpha value is -3.16. The lowest BCUT2D eigenvalue weighted by Gasteiger charge is -2.16. The van der Waals surface area contributed by atoms with Gasteiger partial charge in [-0.1, -0.05) is 12.1 Å². The molecule has 0 aliphatic rings. The van der Waals surface area contributed by atoms with Gasteiger partial charge in [0.25, 0.3) is 11.6 Å². The van der Waals surface area contributed by atoms with Crippen molar-refractivity contribution in [3.05, 3.63) is 62.6 Å². The maximum absolute atomic E-state index is 12.6. The lowest BCUT2D eigenvalue weighted by Crippen LogP contribution is -2.26. The van der Waals surface area contributed by atoms with Crippen LogP contribution in [0.5, 0.6) is 0 Å². The van der Waals surface area contributed by atoms with E-state index in [9.17, 15) is 19.7 Å². The summed E-state index contributed by atoms with van der Waals surface area (Å²) in [6, 6.07) is 6.08. The third kappa shape index (κ3) is 3.68. The summed E-state index contributed by atoms with van der Waals surface area (Å²) in [5.74, 6) is -0.284. The minimum atomic E-state index is -0.567. The van der Waals surface area contributed by atoms with Crippen LogP contribution in [-0.4, -0.2) is 35.9 Å². The van der Waals surface area contributed by atoms with E-state index in [0.29, 0.717) is 17.1 Å². The summed E-state index contributed by atoms with van der Waals surface area (Å²) in [6.45, 7) is 3.25. The zero-order chi connectivity index (χ0) is 18.7. The van der Waals surface area contributed by atoms with Gasteiger partial charge in [-0.3, -0.25) is 14.9 Å². The van der Waals surface area contributed by atoms with E-state index in [-0.39, 0.29) is 23.4 Å². The molecular formula is C17H18N2O6. The second-order valence-corrected chi connectivity index (χ2v) is 5.56. The Bertz CT molecular complexity index is 840. The number of ether oxygens (including phenoxy) is 1. The van der Waals surface area contributed by atoms with Gasteiger partial charge in [-0.25, -0.2) is 4.79 Å². The van der Waals surface area contributed by atoms with Crippen molar-refractivity contribution < 1.29 is 23.7 Å². The van der Waals surface area contributed by atoms with E-state index in [1.54, 1.807) is 26.0 Å². The number of nitro groups is 1. The molecule has 0 unspecified atom stereocenters. The van der Waals surface area contributed by atoms with Crippen molar-refractivity contribution in [2.24, 2.45) is 0 Å². The zero-order valence-electron chi connectivity index (χ0n) is 14.4. The molecule has 0 spiro atoms. The molecule has 25 heavy (non-hydrogen) atoms. The predicted molar refractivity (Wildman–Crippen MR) is 88.4 cm³/mol. The predicted octanol–water partition coefficient (Wildman–Crippen LogP) is 2.86. The van der Waals surface area contributed by atoms with Crippen molar-refractivity contribution in [1.29, 1.82) is 0 Å². The van der Waals surface area contributed by atoms with Crippen molar-refractivity contribution in [3.8, 4) is 0 Å². The van der Waals surface area contributed by atoms with E-state index in [0.717, 1.165) is 0 Å². The van der Waals surface area contributed by atoms with Gasteiger partial charge in [0.15, 0.2) is 0 Å². The molecule has 0 bridgehead atoms. The number of rotatable bonds is 5. The largest absolute Gasteiger partial charge is 0.465 e. The van der Waals surface area contributed by atoms with E-state index in [1.165, 1.54) is 31.2 Å². The van der Waals surface area contributed by atoms with Gasteiger partial charge in [0.1, 0.15) is 22.6 Å². The number of carbonyl (C=O) groups excluding carboxylic acids is 2. The molecule has 8 heteroatoms. The van der Waals surface area contributed by atoms with Gasteiger partial charge in [-0.05, 0) is 26.0 Å². The number of nitrogens with zero attached hydrogens (tertiary/aromatic N) is 2. The third-order valence-corrected chi connectivity index (χ3v) is 3.76. The number of hydrogen-bond donors (Lipinski definition) is 0. The number of aryl methyl sites for hydroxylation is 2. The van der Waals surface area contributed by atoms with Gasteiger partial charge < -0.3 is 14.1 Å². The molecule has 2 aromatic rings. The quantitative estimate of drug-likeness (QED) is 0.468. The zero-order valence-corrected chi connectivity index (χ0v) is 14.4. The monoisotopic (exact) mass is 346 g/mol. The molecule has 0 saturated carbocycles. The molecule has 0 radical (unpaired) electrons. The van der Waals surface area contributed by atoms with Gasteiger partial charge in [0, 0.05) is 12.6 Å². The van der Waals surface area contributed by atoms with Crippen LogP contribution < -0.4 is 0 Å². The van der Waals surface area contributed by atoms with Crippen LogP contribution in [0.4, 0.5) is 5.69 Å². The summed E-state index contributed by atoms with van der Waals surface area (Å²) < 4.78 is 10.1. The molecule has 0 N–H and O–H groups in total. The summed E-state index contributed by atoms with van der Waals surface area (Å²) in [4.78, 5) is 36.2. The standard InChI is InChI=1S/C17H18N2O6/c1-10-6-5-7-13(15(10)19(22)23)16(20)18(3)9-12-8-14(11(2)25-12)17(21)24-4/h5-8H,9H2,1-4H3. The Morgan fingerprint density at radius 3 is 2.56 bits per heavy atom. The normalized spacial score (nSPS) is 10.4. The Morgan fingerprint density at radius 1 is 1.28 bits per heavy atom. The molecule has 0 fully saturated rings. The highest BCUT2D eigenvalue weighted by atomic mass is 16.6. The van der Waals surface area contributed by atoms with E-state index in [4.69, 9.17) is 4.42 Å². The number of carbonyl (C=O) groups is 2. The molecule has 1 aromatic carbocycles. The molecule has 0 aliphatic carbocycles. The molecule has 8 nitrogen and oxygen atoms in total. The van der Waals surface area contributed by atoms with E-state index < -0.39 is 16.8 Å². The van der Waals surface area contributed by atoms with Crippen molar-refractivity contribution in [1.82, 2.24) is 4.90 Å². The number of methoxy groups -OCH3 is 1. The first-order chi connectivity index (χ1) is 11.8. The van der Waals surface area contributed by atoms with Crippen LogP contribution in [0, 0.1) is 24.0 Å². The molecule has 1 amide bonds. The summed E-state index contributed by atoms with van der Waals surface area (Å²) in [6.07, 6.45) is 0. The lowest BCUT2D eigenvalue weighted by molar-refractivity contribution is -0.385. The minimum absolute atomic E-state index is 0.00368. The fourth-order valence-corrected chi connectivity index (χ4v) is 2.52. The average molecular weight is 346 g/mol. The third-order valence-electron chi connectivity index (χ3n) is 3.76. The fourth-order valence-electron chi connectivity index (χ4n) is 2.52. The number of esters is 1. The SMILES string of the molecule is COC(=O)c1cc(CN(C)C(=O)c2cccc(C)c2[N+](=O)[O-])oc1C. The molecular weight excluding hydrogens is 328 g/mol. The Balaban J connectivity index is 2.26. The van der Waals surface area contributed by atoms with E-state index >= 15 is 0 Å². The maximum Gasteiger partial charge on any atom is 0.341 e. The van der Waals surface area contributed by atoms with E-state index in [2.05, 4.69) is 4.74 Å². The van der Waals surface area contributed by atoms with Crippen molar-refractivity contribution >= 4 is 17.6 Å². The number of benzene rings is 1. The van der Waals surface area contributed by atoms with Crippen LogP contribution >= 0.6 is 0 Å². The molecule has 2 rings (SSSR count). The van der Waals surface area contributed by atoms with Gasteiger partial charge in [0.05, 0.1) is 18.6 Å². The smallest absolute Gasteiger partial charge is 0.341 e. The Morgan fingerprint density at radius 2 is 1.96 bits per heavy atom. The van der Waals surface area contributed by atoms with Gasteiger partial charge in [-0.15, -0.1) is 0 Å². The van der Waals surface area contributed by atoms with Gasteiger partial charge in [-0.2, -0.15) is 0 Å². The lowest BCUT2D eigenvalue weighted by atomic mass is 10.1. The molecule has 0 saturated heterocycles. The first-order valence-corrected chi connectivity index (χ1v) is 7.43. The molecule has 1 aromatic heterocycles. The Labute approximate surface area is 144 Å². The topological polar surface area (TPSA) is 103 Å². The Kier molecular flexibility index (Phi) is 5.21. The second-order valence-electron chi connectivity index (χ2n) is 5.56. The van der Waals surface area contributed by atoms with E-state index in [1.807, 2.05) is 0 Å². The van der Waals surface area contributed by atoms with Crippen LogP contribution in [0.2, 0.25) is 0 Å². The van der Waals surface area contributed by atoms with Gasteiger partial charge >= 0.3 is 5.97 Å². The molecule has 0 atom stereocenters. The number of nitro benzene ring substituents is 1. The average Bonchev–Trinajstić information content (AvgIpc) is 2.93. The van der Waals surface area contributed by atoms with Crippen LogP contribution in [-0.2, 0) is 11.3 Å². The highest BCUT2D eigenvalue weighted by molar-refractivity contribution is 5.98. The van der Waals surface area contributed by atoms with Crippen LogP contribution in [0.25, 0.3) is 0 Å². The molecule has 1 heterocycles. The van der Waals surface area contributed by atoms with Crippen LogP contribution in [0.15, 0.2) is 28.7 Å². The number of hydrogen-bond acceptors (Lipinski definition) is 6. The van der Waals surface area contributed by atoms with Gasteiger partial charge in [0.2, 0.25) is 0 Å². The fraction of sp³-hybridized carbons (Fsp3) is 0.294. The second kappa shape index (κ2) is 7.16. The summed E-state index contributed by atoms with van der Waals surface area (Å²) >= 11 is 0. The first-order valence-electron chi connectivity index (χ1n) is 7.43. The highest BCUT2D eigenvalue weighted by Gasteiger charge is 2.26. The highest BCUT2D eigenvalue weighted by Crippen LogP contribution is 2.25. The summed E-state index contributed by atoms with van der Waals surface area (Å²) in [5, 5.41) is 11.2. The maximum atomic E-state index is 12.6. The summed E-state index contributed by atoms with van der Waals surface area (Å²) in [7, 11) is 2.77. The number of amides is 1. The van der Waals surface area contributed by atoms with Crippen molar-refractivity contribution in [2.75, 3.05) is 14.2 Å². The minimum Gasteiger partial charge on any atom is -0.465 e. The number of furan rings is 1. The number of para-hydroxylation sites is 1. The van der Waals surface area contributed by atoms with Crippen molar-refractivity contribution in [3.63, 3.8) is 0 Å². The molecule has 132 valence electrons.